The van der Waals surface area contributed by atoms with E-state index in [1.807, 2.05) is 12.1 Å². The molecule has 5 nitrogen and oxygen atoms in total. The first kappa shape index (κ1) is 16.5. The first-order valence-electron chi connectivity index (χ1n) is 6.83. The minimum atomic E-state index is -0.178. The van der Waals surface area contributed by atoms with Crippen LogP contribution in [0.2, 0.25) is 0 Å². The Kier molecular flexibility index (Phi) is 7.04. The Morgan fingerprint density at radius 3 is 2.45 bits per heavy atom. The van der Waals surface area contributed by atoms with Crippen LogP contribution in [0.25, 0.3) is 0 Å². The van der Waals surface area contributed by atoms with Gasteiger partial charge in [0, 0.05) is 24.9 Å². The highest BCUT2D eigenvalue weighted by molar-refractivity contribution is 5.94. The zero-order valence-corrected chi connectivity index (χ0v) is 12.3. The fourth-order valence-electron chi connectivity index (χ4n) is 1.78. The van der Waals surface area contributed by atoms with Crippen molar-refractivity contribution in [1.82, 2.24) is 5.32 Å². The number of nitrogens with one attached hydrogen (secondary N) is 2. The maximum absolute atomic E-state index is 11.7. The van der Waals surface area contributed by atoms with Crippen molar-refractivity contribution in [2.45, 2.75) is 19.9 Å². The number of carbonyl (C=O) groups excluding carboxylic acids is 1. The predicted octanol–water partition coefficient (Wildman–Crippen LogP) is 1.49. The lowest BCUT2D eigenvalue weighted by Gasteiger charge is -2.22. The Labute approximate surface area is 120 Å². The van der Waals surface area contributed by atoms with Gasteiger partial charge in [-0.15, -0.1) is 0 Å². The zero-order valence-electron chi connectivity index (χ0n) is 12.3. The lowest BCUT2D eigenvalue weighted by atomic mass is 10.0. The van der Waals surface area contributed by atoms with Crippen LogP contribution >= 0.6 is 0 Å². The monoisotopic (exact) mass is 280 g/mol. The van der Waals surface area contributed by atoms with Gasteiger partial charge in [0.25, 0.3) is 5.91 Å². The number of methoxy groups -OCH3 is 1. The van der Waals surface area contributed by atoms with Crippen LogP contribution in [0.5, 0.6) is 0 Å². The summed E-state index contributed by atoms with van der Waals surface area (Å²) in [6, 6.07) is 7.50. The van der Waals surface area contributed by atoms with Gasteiger partial charge in [-0.25, -0.2) is 0 Å². The molecule has 1 rings (SSSR count). The summed E-state index contributed by atoms with van der Waals surface area (Å²) in [5.74, 6) is 0.269. The van der Waals surface area contributed by atoms with Crippen LogP contribution in [0, 0.1) is 5.92 Å². The highest BCUT2D eigenvalue weighted by atomic mass is 16.5. The van der Waals surface area contributed by atoms with Crippen LogP contribution in [0.3, 0.4) is 0 Å². The minimum absolute atomic E-state index is 0.0571. The molecule has 0 radical (unpaired) electrons. The number of ether oxygens (including phenoxy) is 1. The summed E-state index contributed by atoms with van der Waals surface area (Å²) in [6.07, 6.45) is 0. The molecule has 0 spiro atoms. The van der Waals surface area contributed by atoms with Gasteiger partial charge in [-0.05, 0) is 30.2 Å². The van der Waals surface area contributed by atoms with Crippen LogP contribution < -0.4 is 10.6 Å². The molecule has 1 aromatic carbocycles. The average Bonchev–Trinajstić information content (AvgIpc) is 2.45. The van der Waals surface area contributed by atoms with Crippen LogP contribution in [-0.4, -0.2) is 43.9 Å². The predicted molar refractivity (Wildman–Crippen MR) is 80.0 cm³/mol. The van der Waals surface area contributed by atoms with Crippen molar-refractivity contribution in [2.75, 3.05) is 32.2 Å². The quantitative estimate of drug-likeness (QED) is 0.675. The Bertz CT molecular complexity index is 404. The first-order valence-corrected chi connectivity index (χ1v) is 6.83. The van der Waals surface area contributed by atoms with Crippen molar-refractivity contribution in [3.8, 4) is 0 Å². The van der Waals surface area contributed by atoms with Crippen LogP contribution in [0.4, 0.5) is 5.69 Å². The fourth-order valence-corrected chi connectivity index (χ4v) is 1.78. The zero-order chi connectivity index (χ0) is 15.0. The molecule has 0 heterocycles. The third-order valence-corrected chi connectivity index (χ3v) is 3.05. The summed E-state index contributed by atoms with van der Waals surface area (Å²) in [5, 5.41) is 14.7. The lowest BCUT2D eigenvalue weighted by molar-refractivity contribution is 0.0945. The van der Waals surface area contributed by atoms with Crippen molar-refractivity contribution in [3.63, 3.8) is 0 Å². The first-order chi connectivity index (χ1) is 9.58. The SMILES string of the molecule is COCC(Nc1ccc(C(=O)NCCO)cc1)C(C)C. The Morgan fingerprint density at radius 2 is 1.95 bits per heavy atom. The molecule has 1 atom stereocenters. The van der Waals surface area contributed by atoms with Crippen molar-refractivity contribution in [3.05, 3.63) is 29.8 Å². The second-order valence-corrected chi connectivity index (χ2v) is 5.01. The Balaban J connectivity index is 2.63. The molecule has 1 aromatic rings. The number of aliphatic hydroxyl groups is 1. The number of amides is 1. The molecule has 0 aliphatic heterocycles. The molecule has 0 fully saturated rings. The number of hydrogen-bond acceptors (Lipinski definition) is 4. The van der Waals surface area contributed by atoms with Gasteiger partial charge < -0.3 is 20.5 Å². The van der Waals surface area contributed by atoms with Gasteiger partial charge in [-0.2, -0.15) is 0 Å². The topological polar surface area (TPSA) is 70.6 Å². The normalized spacial score (nSPS) is 12.2. The van der Waals surface area contributed by atoms with Gasteiger partial charge in [0.15, 0.2) is 0 Å². The van der Waals surface area contributed by atoms with Gasteiger partial charge in [0.1, 0.15) is 0 Å². The maximum atomic E-state index is 11.7. The molecule has 5 heteroatoms. The van der Waals surface area contributed by atoms with Crippen molar-refractivity contribution in [2.24, 2.45) is 5.92 Å². The highest BCUT2D eigenvalue weighted by Gasteiger charge is 2.13. The molecule has 0 bridgehead atoms. The van der Waals surface area contributed by atoms with E-state index in [0.29, 0.717) is 18.1 Å². The fraction of sp³-hybridized carbons (Fsp3) is 0.533. The van der Waals surface area contributed by atoms with E-state index in [2.05, 4.69) is 24.5 Å². The van der Waals surface area contributed by atoms with Gasteiger partial charge in [-0.3, -0.25) is 4.79 Å². The smallest absolute Gasteiger partial charge is 0.251 e. The minimum Gasteiger partial charge on any atom is -0.395 e. The molecule has 3 N–H and O–H groups in total. The van der Waals surface area contributed by atoms with Crippen LogP contribution in [0.1, 0.15) is 24.2 Å². The molecule has 0 saturated heterocycles. The van der Waals surface area contributed by atoms with E-state index >= 15 is 0 Å². The van der Waals surface area contributed by atoms with Gasteiger partial charge in [0.05, 0.1) is 19.3 Å². The second-order valence-electron chi connectivity index (χ2n) is 5.01. The number of carbonyl (C=O) groups is 1. The molecule has 0 aliphatic carbocycles. The van der Waals surface area contributed by atoms with Gasteiger partial charge in [0.2, 0.25) is 0 Å². The second kappa shape index (κ2) is 8.55. The summed E-state index contributed by atoms with van der Waals surface area (Å²) in [7, 11) is 1.69. The number of anilines is 1. The van der Waals surface area contributed by atoms with E-state index in [-0.39, 0.29) is 25.1 Å². The van der Waals surface area contributed by atoms with Gasteiger partial charge in [-0.1, -0.05) is 13.8 Å². The van der Waals surface area contributed by atoms with E-state index in [4.69, 9.17) is 9.84 Å². The molecule has 1 amide bonds. The van der Waals surface area contributed by atoms with Crippen LogP contribution in [0.15, 0.2) is 24.3 Å². The number of rotatable bonds is 8. The van der Waals surface area contributed by atoms with Crippen molar-refractivity contribution in [1.29, 1.82) is 0 Å². The largest absolute Gasteiger partial charge is 0.395 e. The molecule has 20 heavy (non-hydrogen) atoms. The summed E-state index contributed by atoms with van der Waals surface area (Å²) >= 11 is 0. The third kappa shape index (κ3) is 5.19. The number of benzene rings is 1. The van der Waals surface area contributed by atoms with E-state index in [9.17, 15) is 4.79 Å². The molecule has 112 valence electrons. The number of hydrogen-bond donors (Lipinski definition) is 3. The highest BCUT2D eigenvalue weighted by Crippen LogP contribution is 2.14. The molecule has 1 unspecified atom stereocenters. The molecule has 0 saturated carbocycles. The molecular formula is C15H24N2O3. The Morgan fingerprint density at radius 1 is 1.30 bits per heavy atom. The van der Waals surface area contributed by atoms with E-state index in [1.165, 1.54) is 0 Å². The maximum Gasteiger partial charge on any atom is 0.251 e. The van der Waals surface area contributed by atoms with Crippen molar-refractivity contribution >= 4 is 11.6 Å². The van der Waals surface area contributed by atoms with Crippen LogP contribution in [-0.2, 0) is 4.74 Å². The molecule has 0 aliphatic rings. The third-order valence-electron chi connectivity index (χ3n) is 3.05. The lowest BCUT2D eigenvalue weighted by Crippen LogP contribution is -2.30. The standard InChI is InChI=1S/C15H24N2O3/c1-11(2)14(10-20-3)17-13-6-4-12(5-7-13)15(19)16-8-9-18/h4-7,11,14,17-18H,8-10H2,1-3H3,(H,16,19). The number of aliphatic hydroxyl groups excluding tert-OH is 1. The summed E-state index contributed by atoms with van der Waals surface area (Å²) in [5.41, 5.74) is 1.54. The summed E-state index contributed by atoms with van der Waals surface area (Å²) in [4.78, 5) is 11.7. The van der Waals surface area contributed by atoms with E-state index < -0.39 is 0 Å². The van der Waals surface area contributed by atoms with Gasteiger partial charge >= 0.3 is 0 Å². The molecular weight excluding hydrogens is 256 g/mol. The average molecular weight is 280 g/mol. The summed E-state index contributed by atoms with van der Waals surface area (Å²) < 4.78 is 5.19. The van der Waals surface area contributed by atoms with Crippen molar-refractivity contribution < 1.29 is 14.6 Å². The Hall–Kier alpha value is -1.59. The van der Waals surface area contributed by atoms with E-state index in [0.717, 1.165) is 5.69 Å². The molecule has 0 aromatic heterocycles. The summed E-state index contributed by atoms with van der Waals surface area (Å²) in [6.45, 7) is 5.11. The van der Waals surface area contributed by atoms with E-state index in [1.54, 1.807) is 19.2 Å².